The van der Waals surface area contributed by atoms with E-state index in [1.807, 2.05) is 6.92 Å². The highest BCUT2D eigenvalue weighted by molar-refractivity contribution is 7.79. The molecule has 0 aromatic carbocycles. The number of hydrogen-bond donors (Lipinski definition) is 1. The van der Waals surface area contributed by atoms with Crippen LogP contribution in [0.15, 0.2) is 4.40 Å². The zero-order chi connectivity index (χ0) is 9.14. The quantitative estimate of drug-likeness (QED) is 0.727. The van der Waals surface area contributed by atoms with Gasteiger partial charge in [-0.3, -0.25) is 0 Å². The minimum Gasteiger partial charge on any atom is -0.235 e. The van der Waals surface area contributed by atoms with Crippen LogP contribution < -0.4 is 5.48 Å². The molecule has 0 aliphatic carbocycles. The highest BCUT2D eigenvalue weighted by Crippen LogP contribution is 2.14. The Morgan fingerprint density at radius 1 is 1.58 bits per heavy atom. The van der Waals surface area contributed by atoms with E-state index in [9.17, 15) is 4.21 Å². The van der Waals surface area contributed by atoms with Crippen molar-refractivity contribution in [1.82, 2.24) is 5.48 Å². The predicted octanol–water partition coefficient (Wildman–Crippen LogP) is 1.18. The molecule has 0 bridgehead atoms. The first-order valence-electron chi connectivity index (χ1n) is 4.03. The van der Waals surface area contributed by atoms with Crippen molar-refractivity contribution in [3.63, 3.8) is 0 Å². The molecule has 1 heterocycles. The van der Waals surface area contributed by atoms with Crippen molar-refractivity contribution < 1.29 is 8.49 Å². The topological polar surface area (TPSA) is 50.7 Å². The number of hydroxylamine groups is 1. The molecule has 1 N–H and O–H groups in total. The Labute approximate surface area is 75.2 Å². The maximum Gasteiger partial charge on any atom is 0.309 e. The maximum absolute atomic E-state index is 10.7. The van der Waals surface area contributed by atoms with Crippen LogP contribution >= 0.6 is 0 Å². The van der Waals surface area contributed by atoms with Crippen LogP contribution in [0, 0.1) is 11.8 Å². The van der Waals surface area contributed by atoms with Gasteiger partial charge in [0.15, 0.2) is 0 Å². The Hall–Kier alpha value is -0.420. The van der Waals surface area contributed by atoms with E-state index in [1.54, 1.807) is 0 Å². The molecule has 0 radical (unpaired) electrons. The average Bonchev–Trinajstić information content (AvgIpc) is 2.34. The van der Waals surface area contributed by atoms with E-state index in [1.165, 1.54) is 0 Å². The van der Waals surface area contributed by atoms with E-state index in [2.05, 4.69) is 28.0 Å². The van der Waals surface area contributed by atoms with Crippen molar-refractivity contribution in [3.05, 3.63) is 0 Å². The fourth-order valence-electron chi connectivity index (χ4n) is 1.21. The summed E-state index contributed by atoms with van der Waals surface area (Å²) in [5.74, 6) is 1.59. The molecule has 70 valence electrons. The molecule has 1 aliphatic heterocycles. The van der Waals surface area contributed by atoms with E-state index in [0.29, 0.717) is 11.8 Å². The van der Waals surface area contributed by atoms with Crippen molar-refractivity contribution in [2.24, 2.45) is 16.2 Å². The summed E-state index contributed by atoms with van der Waals surface area (Å²) in [7, 11) is 0. The molecular formula is C7H14N2O2S. The fraction of sp³-hybridized carbons (Fsp3) is 0.857. The second-order valence-electron chi connectivity index (χ2n) is 3.41. The molecule has 4 nitrogen and oxygen atoms in total. The summed E-state index contributed by atoms with van der Waals surface area (Å²) in [5.41, 5.74) is 2.56. The second-order valence-corrected chi connectivity index (χ2v) is 4.19. The smallest absolute Gasteiger partial charge is 0.235 e. The molecule has 2 atom stereocenters. The van der Waals surface area contributed by atoms with Crippen LogP contribution in [0.2, 0.25) is 0 Å². The van der Waals surface area contributed by atoms with Gasteiger partial charge in [0.1, 0.15) is 5.84 Å². The molecular weight excluding hydrogens is 176 g/mol. The first-order valence-corrected chi connectivity index (χ1v) is 5.06. The van der Waals surface area contributed by atoms with E-state index < -0.39 is 11.3 Å². The molecule has 0 aromatic rings. The zero-order valence-electron chi connectivity index (χ0n) is 7.53. The molecule has 0 fully saturated rings. The van der Waals surface area contributed by atoms with Gasteiger partial charge in [-0.05, 0) is 12.3 Å². The largest absolute Gasteiger partial charge is 0.309 e. The molecule has 0 spiro atoms. The third-order valence-electron chi connectivity index (χ3n) is 1.68. The Morgan fingerprint density at radius 3 is 2.67 bits per heavy atom. The summed E-state index contributed by atoms with van der Waals surface area (Å²) in [5, 5.41) is 0. The van der Waals surface area contributed by atoms with Crippen LogP contribution in [0.4, 0.5) is 0 Å². The molecule has 2 unspecified atom stereocenters. The van der Waals surface area contributed by atoms with E-state index in [4.69, 9.17) is 0 Å². The standard InChI is InChI=1S/C7H14N2O2S/c1-5(2)4-6(3)7-8-11-12(10)9-7/h5-6H,4H2,1-3H3,(H,8,9). The Balaban J connectivity index is 2.47. The molecule has 0 aromatic heterocycles. The predicted molar refractivity (Wildman–Crippen MR) is 48.4 cm³/mol. The molecule has 5 heteroatoms. The highest BCUT2D eigenvalue weighted by atomic mass is 32.2. The lowest BCUT2D eigenvalue weighted by molar-refractivity contribution is 0.296. The molecule has 1 aliphatic rings. The average molecular weight is 190 g/mol. The molecule has 12 heavy (non-hydrogen) atoms. The SMILES string of the molecule is CC(C)CC(C)C1=NS(=O)ON1. The summed E-state index contributed by atoms with van der Waals surface area (Å²) in [4.78, 5) is 0. The van der Waals surface area contributed by atoms with Gasteiger partial charge >= 0.3 is 11.3 Å². The zero-order valence-corrected chi connectivity index (χ0v) is 8.35. The van der Waals surface area contributed by atoms with Gasteiger partial charge in [0.05, 0.1) is 0 Å². The summed E-state index contributed by atoms with van der Waals surface area (Å²) in [6, 6.07) is 0. The van der Waals surface area contributed by atoms with Gasteiger partial charge < -0.3 is 0 Å². The summed E-state index contributed by atoms with van der Waals surface area (Å²) >= 11 is -1.51. The van der Waals surface area contributed by atoms with E-state index in [-0.39, 0.29) is 5.92 Å². The molecule has 0 saturated carbocycles. The minimum atomic E-state index is -1.51. The van der Waals surface area contributed by atoms with Gasteiger partial charge in [-0.1, -0.05) is 20.8 Å². The number of hydrogen-bond acceptors (Lipinski definition) is 3. The van der Waals surface area contributed by atoms with Crippen LogP contribution in [0.3, 0.4) is 0 Å². The lowest BCUT2D eigenvalue weighted by atomic mass is 9.98. The van der Waals surface area contributed by atoms with Crippen LogP contribution in [-0.2, 0) is 15.6 Å². The monoisotopic (exact) mass is 190 g/mol. The van der Waals surface area contributed by atoms with Crippen molar-refractivity contribution in [2.45, 2.75) is 27.2 Å². The molecule has 0 amide bonds. The fourth-order valence-corrected chi connectivity index (χ4v) is 1.78. The first-order chi connectivity index (χ1) is 5.59. The van der Waals surface area contributed by atoms with E-state index in [0.717, 1.165) is 6.42 Å². The lowest BCUT2D eigenvalue weighted by Gasteiger charge is -2.11. The van der Waals surface area contributed by atoms with Gasteiger partial charge in [-0.25, -0.2) is 9.69 Å². The minimum absolute atomic E-state index is 0.288. The van der Waals surface area contributed by atoms with Gasteiger partial charge in [-0.2, -0.15) is 4.28 Å². The highest BCUT2D eigenvalue weighted by Gasteiger charge is 2.19. The molecule has 1 rings (SSSR count). The number of nitrogens with one attached hydrogen (secondary N) is 1. The normalized spacial score (nSPS) is 25.3. The van der Waals surface area contributed by atoms with Crippen LogP contribution in [0.25, 0.3) is 0 Å². The van der Waals surface area contributed by atoms with Gasteiger partial charge in [-0.15, -0.1) is 4.40 Å². The number of amidine groups is 1. The first kappa shape index (κ1) is 9.67. The van der Waals surface area contributed by atoms with Crippen LogP contribution in [-0.4, -0.2) is 10.0 Å². The van der Waals surface area contributed by atoms with Gasteiger partial charge in [0, 0.05) is 5.92 Å². The summed E-state index contributed by atoms with van der Waals surface area (Å²) < 4.78 is 19.1. The lowest BCUT2D eigenvalue weighted by Crippen LogP contribution is -2.24. The van der Waals surface area contributed by atoms with Crippen molar-refractivity contribution in [2.75, 3.05) is 0 Å². The van der Waals surface area contributed by atoms with Crippen molar-refractivity contribution in [3.8, 4) is 0 Å². The third-order valence-corrected chi connectivity index (χ3v) is 2.25. The number of nitrogens with zero attached hydrogens (tertiary/aromatic N) is 1. The van der Waals surface area contributed by atoms with Gasteiger partial charge in [0.2, 0.25) is 0 Å². The molecule has 0 saturated heterocycles. The van der Waals surface area contributed by atoms with Gasteiger partial charge in [0.25, 0.3) is 0 Å². The summed E-state index contributed by atoms with van der Waals surface area (Å²) in [6.07, 6.45) is 1.02. The van der Waals surface area contributed by atoms with Crippen molar-refractivity contribution in [1.29, 1.82) is 0 Å². The summed E-state index contributed by atoms with van der Waals surface area (Å²) in [6.45, 7) is 6.32. The van der Waals surface area contributed by atoms with E-state index >= 15 is 0 Å². The van der Waals surface area contributed by atoms with Crippen LogP contribution in [0.1, 0.15) is 27.2 Å². The van der Waals surface area contributed by atoms with Crippen LogP contribution in [0.5, 0.6) is 0 Å². The Morgan fingerprint density at radius 2 is 2.25 bits per heavy atom. The maximum atomic E-state index is 10.7. The Kier molecular flexibility index (Phi) is 3.22. The third kappa shape index (κ3) is 2.57. The van der Waals surface area contributed by atoms with Crippen molar-refractivity contribution >= 4 is 17.1 Å². The second kappa shape index (κ2) is 4.00. The Bertz CT molecular complexity index is 215. The number of rotatable bonds is 3.